The molecule has 0 unspecified atom stereocenters. The van der Waals surface area contributed by atoms with Gasteiger partial charge in [0.25, 0.3) is 0 Å². The van der Waals surface area contributed by atoms with Crippen LogP contribution < -0.4 is 5.73 Å². The summed E-state index contributed by atoms with van der Waals surface area (Å²) in [6, 6.07) is 12.0. The molecule has 4 heteroatoms. The van der Waals surface area contributed by atoms with Crippen LogP contribution >= 0.6 is 0 Å². The number of pyridine rings is 1. The van der Waals surface area contributed by atoms with Crippen molar-refractivity contribution in [3.8, 4) is 16.9 Å². The highest BCUT2D eigenvalue weighted by atomic mass is 15.3. The zero-order valence-corrected chi connectivity index (χ0v) is 10.6. The fourth-order valence-electron chi connectivity index (χ4n) is 2.09. The Kier molecular flexibility index (Phi) is 2.76. The van der Waals surface area contributed by atoms with Crippen molar-refractivity contribution in [1.29, 1.82) is 0 Å². The second kappa shape index (κ2) is 4.57. The Morgan fingerprint density at radius 3 is 2.68 bits per heavy atom. The third-order valence-corrected chi connectivity index (χ3v) is 3.09. The molecule has 0 atom stereocenters. The minimum atomic E-state index is 0.671. The molecule has 4 nitrogen and oxygen atoms in total. The Labute approximate surface area is 111 Å². The summed E-state index contributed by atoms with van der Waals surface area (Å²) in [7, 11) is 0. The molecule has 2 N–H and O–H groups in total. The second-order valence-corrected chi connectivity index (χ2v) is 4.40. The van der Waals surface area contributed by atoms with Gasteiger partial charge in [-0.25, -0.2) is 9.67 Å². The number of hydrogen-bond acceptors (Lipinski definition) is 3. The minimum Gasteiger partial charge on any atom is -0.397 e. The number of aryl methyl sites for hydroxylation is 1. The number of nitrogens with two attached hydrogens (primary N) is 1. The van der Waals surface area contributed by atoms with Crippen LogP contribution in [0.2, 0.25) is 0 Å². The number of hydrogen-bond donors (Lipinski definition) is 1. The maximum absolute atomic E-state index is 6.05. The van der Waals surface area contributed by atoms with Crippen LogP contribution in [0.25, 0.3) is 16.9 Å². The monoisotopic (exact) mass is 250 g/mol. The normalized spacial score (nSPS) is 10.6. The van der Waals surface area contributed by atoms with Crippen molar-refractivity contribution in [2.45, 2.75) is 6.92 Å². The molecule has 94 valence electrons. The highest BCUT2D eigenvalue weighted by molar-refractivity contribution is 5.78. The summed E-state index contributed by atoms with van der Waals surface area (Å²) >= 11 is 0. The van der Waals surface area contributed by atoms with Crippen molar-refractivity contribution in [3.63, 3.8) is 0 Å². The third kappa shape index (κ3) is 2.08. The first-order valence-electron chi connectivity index (χ1n) is 6.07. The van der Waals surface area contributed by atoms with Gasteiger partial charge in [0.15, 0.2) is 5.82 Å². The number of benzene rings is 1. The molecule has 0 bridgehead atoms. The van der Waals surface area contributed by atoms with Crippen LogP contribution in [-0.4, -0.2) is 14.8 Å². The topological polar surface area (TPSA) is 56.7 Å². The van der Waals surface area contributed by atoms with E-state index < -0.39 is 0 Å². The van der Waals surface area contributed by atoms with Crippen LogP contribution in [0.5, 0.6) is 0 Å². The summed E-state index contributed by atoms with van der Waals surface area (Å²) in [6.45, 7) is 2.07. The number of rotatable bonds is 2. The van der Waals surface area contributed by atoms with E-state index in [0.717, 1.165) is 16.9 Å². The van der Waals surface area contributed by atoms with E-state index in [1.807, 2.05) is 30.5 Å². The van der Waals surface area contributed by atoms with Gasteiger partial charge in [0, 0.05) is 18.0 Å². The standard InChI is InChI=1S/C15H14N4/c1-11-5-2-3-6-12(11)13-9-15(17-10-14(13)16)19-8-4-7-18-19/h2-10H,16H2,1H3. The molecule has 3 aromatic rings. The Balaban J connectivity index is 2.17. The lowest BCUT2D eigenvalue weighted by atomic mass is 10.0. The summed E-state index contributed by atoms with van der Waals surface area (Å²) in [6.07, 6.45) is 5.27. The van der Waals surface area contributed by atoms with Crippen molar-refractivity contribution >= 4 is 5.69 Å². The average molecular weight is 250 g/mol. The number of aromatic nitrogens is 3. The highest BCUT2D eigenvalue weighted by Crippen LogP contribution is 2.29. The van der Waals surface area contributed by atoms with E-state index >= 15 is 0 Å². The molecule has 0 saturated heterocycles. The fraction of sp³-hybridized carbons (Fsp3) is 0.0667. The van der Waals surface area contributed by atoms with Gasteiger partial charge in [-0.05, 0) is 30.2 Å². The summed E-state index contributed by atoms with van der Waals surface area (Å²) < 4.78 is 1.72. The molecule has 0 amide bonds. The zero-order chi connectivity index (χ0) is 13.2. The summed E-state index contributed by atoms with van der Waals surface area (Å²) in [5, 5.41) is 4.19. The van der Waals surface area contributed by atoms with Crippen LogP contribution in [0.15, 0.2) is 55.0 Å². The quantitative estimate of drug-likeness (QED) is 0.760. The van der Waals surface area contributed by atoms with Crippen molar-refractivity contribution in [3.05, 3.63) is 60.6 Å². The zero-order valence-electron chi connectivity index (χ0n) is 10.6. The first-order chi connectivity index (χ1) is 9.25. The van der Waals surface area contributed by atoms with Crippen molar-refractivity contribution in [2.24, 2.45) is 0 Å². The largest absolute Gasteiger partial charge is 0.397 e. The molecule has 0 spiro atoms. The first kappa shape index (κ1) is 11.5. The molecule has 0 fully saturated rings. The van der Waals surface area contributed by atoms with Gasteiger partial charge < -0.3 is 5.73 Å². The van der Waals surface area contributed by atoms with E-state index in [1.54, 1.807) is 17.1 Å². The Hall–Kier alpha value is -2.62. The molecule has 3 rings (SSSR count). The van der Waals surface area contributed by atoms with Crippen molar-refractivity contribution in [1.82, 2.24) is 14.8 Å². The predicted octanol–water partition coefficient (Wildman–Crippen LogP) is 2.82. The van der Waals surface area contributed by atoms with Crippen molar-refractivity contribution < 1.29 is 0 Å². The van der Waals surface area contributed by atoms with Gasteiger partial charge in [0.1, 0.15) is 0 Å². The average Bonchev–Trinajstić information content (AvgIpc) is 2.94. The first-order valence-corrected chi connectivity index (χ1v) is 6.07. The number of anilines is 1. The maximum atomic E-state index is 6.05. The van der Waals surface area contributed by atoms with Gasteiger partial charge in [-0.1, -0.05) is 24.3 Å². The molecule has 0 aliphatic rings. The van der Waals surface area contributed by atoms with E-state index in [0.29, 0.717) is 5.69 Å². The van der Waals surface area contributed by atoms with Crippen LogP contribution in [0, 0.1) is 6.92 Å². The molecule has 2 aromatic heterocycles. The van der Waals surface area contributed by atoms with E-state index in [1.165, 1.54) is 5.56 Å². The SMILES string of the molecule is Cc1ccccc1-c1cc(-n2cccn2)ncc1N. The number of nitrogen functional groups attached to an aromatic ring is 1. The lowest BCUT2D eigenvalue weighted by Gasteiger charge is -2.10. The maximum Gasteiger partial charge on any atom is 0.154 e. The van der Waals surface area contributed by atoms with Crippen LogP contribution in [0.1, 0.15) is 5.56 Å². The smallest absolute Gasteiger partial charge is 0.154 e. The summed E-state index contributed by atoms with van der Waals surface area (Å²) in [5.41, 5.74) is 10.0. The molecule has 0 aliphatic heterocycles. The Morgan fingerprint density at radius 1 is 1.11 bits per heavy atom. The van der Waals surface area contributed by atoms with Gasteiger partial charge in [0.2, 0.25) is 0 Å². The predicted molar refractivity (Wildman–Crippen MR) is 75.9 cm³/mol. The molecule has 1 aromatic carbocycles. The molecule has 0 radical (unpaired) electrons. The third-order valence-electron chi connectivity index (χ3n) is 3.09. The minimum absolute atomic E-state index is 0.671. The molecule has 0 aliphatic carbocycles. The second-order valence-electron chi connectivity index (χ2n) is 4.40. The van der Waals surface area contributed by atoms with E-state index in [4.69, 9.17) is 5.73 Å². The van der Waals surface area contributed by atoms with Crippen LogP contribution in [0.3, 0.4) is 0 Å². The van der Waals surface area contributed by atoms with E-state index in [-0.39, 0.29) is 0 Å². The Bertz CT molecular complexity index is 702. The van der Waals surface area contributed by atoms with Crippen molar-refractivity contribution in [2.75, 3.05) is 5.73 Å². The van der Waals surface area contributed by atoms with Crippen LogP contribution in [-0.2, 0) is 0 Å². The van der Waals surface area contributed by atoms with Gasteiger partial charge in [-0.15, -0.1) is 0 Å². The molecule has 0 saturated carbocycles. The lowest BCUT2D eigenvalue weighted by Crippen LogP contribution is -2.01. The molecular weight excluding hydrogens is 236 g/mol. The summed E-state index contributed by atoms with van der Waals surface area (Å²) in [4.78, 5) is 4.31. The molecule has 2 heterocycles. The summed E-state index contributed by atoms with van der Waals surface area (Å²) in [5.74, 6) is 0.762. The van der Waals surface area contributed by atoms with Crippen LogP contribution in [0.4, 0.5) is 5.69 Å². The molecular formula is C15H14N4. The number of nitrogens with zero attached hydrogens (tertiary/aromatic N) is 3. The highest BCUT2D eigenvalue weighted by Gasteiger charge is 2.08. The van der Waals surface area contributed by atoms with Gasteiger partial charge in [-0.2, -0.15) is 5.10 Å². The van der Waals surface area contributed by atoms with E-state index in [2.05, 4.69) is 29.1 Å². The van der Waals surface area contributed by atoms with E-state index in [9.17, 15) is 0 Å². The lowest BCUT2D eigenvalue weighted by molar-refractivity contribution is 0.848. The fourth-order valence-corrected chi connectivity index (χ4v) is 2.09. The molecule has 19 heavy (non-hydrogen) atoms. The Morgan fingerprint density at radius 2 is 1.95 bits per heavy atom. The van der Waals surface area contributed by atoms with Gasteiger partial charge in [-0.3, -0.25) is 0 Å². The van der Waals surface area contributed by atoms with Gasteiger partial charge >= 0.3 is 0 Å². The van der Waals surface area contributed by atoms with Gasteiger partial charge in [0.05, 0.1) is 11.9 Å².